The molecule has 2 amide bonds. The number of carbonyl (C=O) groups excluding carboxylic acids is 2. The van der Waals surface area contributed by atoms with Gasteiger partial charge in [-0.15, -0.1) is 0 Å². The summed E-state index contributed by atoms with van der Waals surface area (Å²) in [5, 5.41) is 12.1. The van der Waals surface area contributed by atoms with Crippen LogP contribution in [0.15, 0.2) is 0 Å². The number of carboxylic acid groups (broad SMARTS) is 1. The van der Waals surface area contributed by atoms with E-state index in [0.29, 0.717) is 19.0 Å². The second kappa shape index (κ2) is 5.66. The second-order valence-corrected chi connectivity index (χ2v) is 6.52. The van der Waals surface area contributed by atoms with E-state index in [1.807, 2.05) is 4.90 Å². The number of nitrogens with zero attached hydrogens (tertiary/aromatic N) is 1. The molecular formula is C15H22N2O4. The number of carbonyl (C=O) groups is 3. The molecule has 116 valence electrons. The van der Waals surface area contributed by atoms with Gasteiger partial charge in [0.2, 0.25) is 11.8 Å². The van der Waals surface area contributed by atoms with Gasteiger partial charge < -0.3 is 15.3 Å². The van der Waals surface area contributed by atoms with E-state index >= 15 is 0 Å². The van der Waals surface area contributed by atoms with Crippen LogP contribution in [0.3, 0.4) is 0 Å². The van der Waals surface area contributed by atoms with Gasteiger partial charge in [0.25, 0.3) is 0 Å². The molecule has 1 aliphatic heterocycles. The maximum atomic E-state index is 12.3. The molecule has 21 heavy (non-hydrogen) atoms. The van der Waals surface area contributed by atoms with Gasteiger partial charge in [0.05, 0.1) is 11.8 Å². The Kier molecular flexibility index (Phi) is 3.87. The number of hydrogen-bond donors (Lipinski definition) is 2. The highest BCUT2D eigenvalue weighted by Gasteiger charge is 2.42. The number of rotatable bonds is 4. The highest BCUT2D eigenvalue weighted by atomic mass is 16.4. The van der Waals surface area contributed by atoms with E-state index in [0.717, 1.165) is 32.1 Å². The largest absolute Gasteiger partial charge is 0.481 e. The fourth-order valence-electron chi connectivity index (χ4n) is 3.55. The number of likely N-dealkylation sites (tertiary alicyclic amines) is 1. The fraction of sp³-hybridized carbons (Fsp3) is 0.800. The van der Waals surface area contributed by atoms with Gasteiger partial charge in [-0.3, -0.25) is 14.4 Å². The van der Waals surface area contributed by atoms with Crippen LogP contribution < -0.4 is 5.32 Å². The predicted molar refractivity (Wildman–Crippen MR) is 74.4 cm³/mol. The van der Waals surface area contributed by atoms with E-state index in [4.69, 9.17) is 0 Å². The number of amides is 2. The molecule has 2 N–H and O–H groups in total. The quantitative estimate of drug-likeness (QED) is 0.801. The van der Waals surface area contributed by atoms with Crippen molar-refractivity contribution in [2.24, 2.45) is 11.8 Å². The molecule has 1 heterocycles. The van der Waals surface area contributed by atoms with Crippen LogP contribution in [0.5, 0.6) is 0 Å². The second-order valence-electron chi connectivity index (χ2n) is 6.52. The van der Waals surface area contributed by atoms with Gasteiger partial charge in [0, 0.05) is 25.0 Å². The third-order valence-corrected chi connectivity index (χ3v) is 4.93. The maximum absolute atomic E-state index is 12.3. The molecule has 3 rings (SSSR count). The normalized spacial score (nSPS) is 33.0. The summed E-state index contributed by atoms with van der Waals surface area (Å²) in [6, 6.07) is 0.0607. The first-order valence-electron chi connectivity index (χ1n) is 7.89. The summed E-state index contributed by atoms with van der Waals surface area (Å²) < 4.78 is 0. The molecule has 0 bridgehead atoms. The van der Waals surface area contributed by atoms with Crippen LogP contribution >= 0.6 is 0 Å². The number of nitrogens with one attached hydrogen (secondary N) is 1. The first-order chi connectivity index (χ1) is 10.1. The standard InChI is InChI=1S/C15H22N2O4/c18-13-7-9(8-17(13)10-5-6-10)14(19)16-12-4-2-1-3-11(12)15(20)21/h9-12H,1-8H2,(H,16,19)(H,20,21). The summed E-state index contributed by atoms with van der Waals surface area (Å²) in [7, 11) is 0. The maximum Gasteiger partial charge on any atom is 0.308 e. The van der Waals surface area contributed by atoms with Gasteiger partial charge in [-0.25, -0.2) is 0 Å². The van der Waals surface area contributed by atoms with Gasteiger partial charge in [-0.05, 0) is 25.7 Å². The zero-order valence-electron chi connectivity index (χ0n) is 12.1. The highest BCUT2D eigenvalue weighted by Crippen LogP contribution is 2.33. The van der Waals surface area contributed by atoms with Gasteiger partial charge in [-0.1, -0.05) is 12.8 Å². The van der Waals surface area contributed by atoms with Crippen molar-refractivity contribution in [1.82, 2.24) is 10.2 Å². The third kappa shape index (κ3) is 3.04. The minimum Gasteiger partial charge on any atom is -0.481 e. The topological polar surface area (TPSA) is 86.7 Å². The molecule has 6 nitrogen and oxygen atoms in total. The SMILES string of the molecule is O=C(NC1CCCCC1C(=O)O)C1CC(=O)N(C2CC2)C1. The monoisotopic (exact) mass is 294 g/mol. The Hall–Kier alpha value is -1.59. The van der Waals surface area contributed by atoms with Crippen LogP contribution in [0.1, 0.15) is 44.9 Å². The molecule has 3 aliphatic rings. The summed E-state index contributed by atoms with van der Waals surface area (Å²) in [5.41, 5.74) is 0. The van der Waals surface area contributed by atoms with Crippen molar-refractivity contribution in [3.63, 3.8) is 0 Å². The molecule has 3 unspecified atom stereocenters. The van der Waals surface area contributed by atoms with Gasteiger partial charge in [-0.2, -0.15) is 0 Å². The molecular weight excluding hydrogens is 272 g/mol. The Bertz CT molecular complexity index is 461. The highest BCUT2D eigenvalue weighted by molar-refractivity contribution is 5.90. The van der Waals surface area contributed by atoms with Crippen LogP contribution in [0.25, 0.3) is 0 Å². The van der Waals surface area contributed by atoms with Crippen molar-refractivity contribution in [1.29, 1.82) is 0 Å². The van der Waals surface area contributed by atoms with Crippen molar-refractivity contribution in [3.8, 4) is 0 Å². The Morgan fingerprint density at radius 2 is 1.86 bits per heavy atom. The summed E-state index contributed by atoms with van der Waals surface area (Å²) in [5.74, 6) is -1.71. The van der Waals surface area contributed by atoms with Crippen LogP contribution in [0.2, 0.25) is 0 Å². The molecule has 2 aliphatic carbocycles. The molecule has 0 spiro atoms. The Morgan fingerprint density at radius 1 is 1.14 bits per heavy atom. The molecule has 3 atom stereocenters. The van der Waals surface area contributed by atoms with Crippen molar-refractivity contribution in [3.05, 3.63) is 0 Å². The van der Waals surface area contributed by atoms with E-state index in [9.17, 15) is 19.5 Å². The zero-order valence-corrected chi connectivity index (χ0v) is 12.1. The van der Waals surface area contributed by atoms with Crippen molar-refractivity contribution >= 4 is 17.8 Å². The summed E-state index contributed by atoms with van der Waals surface area (Å²) >= 11 is 0. The number of aliphatic carboxylic acids is 1. The lowest BCUT2D eigenvalue weighted by Gasteiger charge is -2.30. The Labute approximate surface area is 123 Å². The fourth-order valence-corrected chi connectivity index (χ4v) is 3.55. The summed E-state index contributed by atoms with van der Waals surface area (Å²) in [4.78, 5) is 37.3. The molecule has 1 saturated heterocycles. The smallest absolute Gasteiger partial charge is 0.308 e. The van der Waals surface area contributed by atoms with Crippen LogP contribution in [0, 0.1) is 11.8 Å². The van der Waals surface area contributed by atoms with Crippen LogP contribution in [-0.2, 0) is 14.4 Å². The van der Waals surface area contributed by atoms with E-state index in [1.54, 1.807) is 0 Å². The molecule has 6 heteroatoms. The summed E-state index contributed by atoms with van der Waals surface area (Å²) in [6.45, 7) is 0.500. The predicted octanol–water partition coefficient (Wildman–Crippen LogP) is 0.757. The molecule has 2 saturated carbocycles. The summed E-state index contributed by atoms with van der Waals surface area (Å²) in [6.07, 6.45) is 5.56. The van der Waals surface area contributed by atoms with Gasteiger partial charge in [0.15, 0.2) is 0 Å². The van der Waals surface area contributed by atoms with E-state index in [2.05, 4.69) is 5.32 Å². The minimum atomic E-state index is -0.831. The van der Waals surface area contributed by atoms with Crippen molar-refractivity contribution in [2.75, 3.05) is 6.54 Å². The van der Waals surface area contributed by atoms with Crippen LogP contribution in [-0.4, -0.2) is 46.4 Å². The van der Waals surface area contributed by atoms with Gasteiger partial charge in [0.1, 0.15) is 0 Å². The lowest BCUT2D eigenvalue weighted by Crippen LogP contribution is -2.47. The van der Waals surface area contributed by atoms with E-state index in [-0.39, 0.29) is 30.2 Å². The Morgan fingerprint density at radius 3 is 2.52 bits per heavy atom. The number of hydrogen-bond acceptors (Lipinski definition) is 3. The third-order valence-electron chi connectivity index (χ3n) is 4.93. The lowest BCUT2D eigenvalue weighted by atomic mass is 9.84. The van der Waals surface area contributed by atoms with Crippen LogP contribution in [0.4, 0.5) is 0 Å². The van der Waals surface area contributed by atoms with Crippen molar-refractivity contribution < 1.29 is 19.5 Å². The average Bonchev–Trinajstić information content (AvgIpc) is 3.22. The number of carboxylic acids is 1. The minimum absolute atomic E-state index is 0.0658. The lowest BCUT2D eigenvalue weighted by molar-refractivity contribution is -0.144. The van der Waals surface area contributed by atoms with E-state index < -0.39 is 11.9 Å². The average molecular weight is 294 g/mol. The molecule has 0 aromatic carbocycles. The zero-order chi connectivity index (χ0) is 15.0. The molecule has 0 radical (unpaired) electrons. The molecule has 0 aromatic heterocycles. The van der Waals surface area contributed by atoms with E-state index in [1.165, 1.54) is 0 Å². The Balaban J connectivity index is 1.58. The molecule has 0 aromatic rings. The first-order valence-corrected chi connectivity index (χ1v) is 7.89. The van der Waals surface area contributed by atoms with Crippen molar-refractivity contribution in [2.45, 2.75) is 57.0 Å². The first kappa shape index (κ1) is 14.4. The molecule has 3 fully saturated rings. The van der Waals surface area contributed by atoms with Gasteiger partial charge >= 0.3 is 5.97 Å².